The highest BCUT2D eigenvalue weighted by Gasteiger charge is 2.53. The van der Waals surface area contributed by atoms with Crippen molar-refractivity contribution in [3.8, 4) is 0 Å². The van der Waals surface area contributed by atoms with Gasteiger partial charge in [0.05, 0.1) is 5.75 Å². The number of nitrogens with one attached hydrogen (secondary N) is 1. The minimum absolute atomic E-state index is 0.0706. The molecule has 3 nitrogen and oxygen atoms in total. The van der Waals surface area contributed by atoms with Crippen LogP contribution in [0, 0.1) is 11.2 Å². The van der Waals surface area contributed by atoms with Crippen LogP contribution in [0.1, 0.15) is 0 Å². The minimum Gasteiger partial charge on any atom is -0.315 e. The number of sulfone groups is 1. The van der Waals surface area contributed by atoms with Crippen LogP contribution < -0.4 is 5.32 Å². The lowest BCUT2D eigenvalue weighted by molar-refractivity contribution is 0.239. The van der Waals surface area contributed by atoms with Gasteiger partial charge in [-0.2, -0.15) is 0 Å². The van der Waals surface area contributed by atoms with E-state index in [9.17, 15) is 8.42 Å². The molecule has 0 amide bonds. The number of hydrogen-bond acceptors (Lipinski definition) is 3. The maximum Gasteiger partial charge on any atom is 0.160 e. The Bertz CT molecular complexity index is 213. The van der Waals surface area contributed by atoms with Gasteiger partial charge >= 0.3 is 0 Å². The highest BCUT2D eigenvalue weighted by molar-refractivity contribution is 7.95. The lowest BCUT2D eigenvalue weighted by Gasteiger charge is -2.47. The Morgan fingerprint density at radius 1 is 1.44 bits per heavy atom. The highest BCUT2D eigenvalue weighted by atomic mass is 32.2. The summed E-state index contributed by atoms with van der Waals surface area (Å²) in [7, 11) is -2.84. The minimum atomic E-state index is -2.84. The quantitative estimate of drug-likeness (QED) is 0.477. The molecule has 1 spiro atoms. The molecular formula is C5H7NO2S. The van der Waals surface area contributed by atoms with Crippen LogP contribution in [0.4, 0.5) is 0 Å². The van der Waals surface area contributed by atoms with Crippen LogP contribution >= 0.6 is 0 Å². The van der Waals surface area contributed by atoms with E-state index < -0.39 is 9.84 Å². The molecule has 2 aliphatic rings. The lowest BCUT2D eigenvalue weighted by atomic mass is 9.85. The summed E-state index contributed by atoms with van der Waals surface area (Å²) in [5, 5.41) is 3.01. The molecule has 0 aromatic rings. The Labute approximate surface area is 54.4 Å². The van der Waals surface area contributed by atoms with Gasteiger partial charge in [-0.3, -0.25) is 0 Å². The van der Waals surface area contributed by atoms with E-state index in [1.807, 2.05) is 0 Å². The topological polar surface area (TPSA) is 46.2 Å². The molecule has 2 fully saturated rings. The molecule has 0 unspecified atom stereocenters. The van der Waals surface area contributed by atoms with Crippen LogP contribution in [0.3, 0.4) is 0 Å². The van der Waals surface area contributed by atoms with Crippen molar-refractivity contribution in [2.75, 3.05) is 18.8 Å². The van der Waals surface area contributed by atoms with Crippen molar-refractivity contribution in [1.82, 2.24) is 5.32 Å². The molecule has 0 bridgehead atoms. The summed E-state index contributed by atoms with van der Waals surface area (Å²) in [5.74, 6) is 2.85. The van der Waals surface area contributed by atoms with E-state index in [2.05, 4.69) is 11.1 Å². The van der Waals surface area contributed by atoms with Gasteiger partial charge in [0.25, 0.3) is 0 Å². The fourth-order valence-corrected chi connectivity index (χ4v) is 2.99. The van der Waals surface area contributed by atoms with Crippen molar-refractivity contribution >= 4 is 9.84 Å². The van der Waals surface area contributed by atoms with Gasteiger partial charge in [0.1, 0.15) is 5.75 Å². The zero-order valence-electron chi connectivity index (χ0n) is 4.85. The van der Waals surface area contributed by atoms with Crippen molar-refractivity contribution in [2.45, 2.75) is 0 Å². The van der Waals surface area contributed by atoms with E-state index in [4.69, 9.17) is 0 Å². The molecule has 4 heteroatoms. The van der Waals surface area contributed by atoms with Crippen molar-refractivity contribution in [1.29, 1.82) is 0 Å². The maximum atomic E-state index is 10.6. The van der Waals surface area contributed by atoms with Crippen LogP contribution in [0.15, 0.2) is 0 Å². The van der Waals surface area contributed by atoms with Gasteiger partial charge in [-0.25, -0.2) is 8.42 Å². The summed E-state index contributed by atoms with van der Waals surface area (Å²) < 4.78 is 21.1. The Morgan fingerprint density at radius 3 is 2.11 bits per heavy atom. The van der Waals surface area contributed by atoms with Crippen LogP contribution in [-0.4, -0.2) is 27.3 Å². The van der Waals surface area contributed by atoms with Crippen LogP contribution in [0.2, 0.25) is 0 Å². The Balaban J connectivity index is 2.12. The molecule has 2 saturated heterocycles. The van der Waals surface area contributed by atoms with Crippen molar-refractivity contribution in [3.63, 3.8) is 0 Å². The number of hydrogen-bond donors (Lipinski definition) is 1. The van der Waals surface area contributed by atoms with Gasteiger partial charge in [0.15, 0.2) is 9.84 Å². The predicted molar refractivity (Wildman–Crippen MR) is 32.3 cm³/mol. The molecule has 50 valence electrons. The molecule has 2 radical (unpaired) electrons. The van der Waals surface area contributed by atoms with E-state index in [1.165, 1.54) is 0 Å². The summed E-state index contributed by atoms with van der Waals surface area (Å²) in [5.41, 5.74) is -0.0706. The summed E-state index contributed by atoms with van der Waals surface area (Å²) in [6.45, 7) is 1.60. The Morgan fingerprint density at radius 2 is 2.00 bits per heavy atom. The molecule has 0 aliphatic carbocycles. The van der Waals surface area contributed by atoms with E-state index in [1.54, 1.807) is 0 Å². The van der Waals surface area contributed by atoms with Crippen LogP contribution in [0.5, 0.6) is 0 Å². The first kappa shape index (κ1) is 5.68. The molecule has 0 saturated carbocycles. The van der Waals surface area contributed by atoms with E-state index in [0.29, 0.717) is 5.75 Å². The second-order valence-electron chi connectivity index (χ2n) is 2.75. The van der Waals surface area contributed by atoms with Gasteiger partial charge in [0, 0.05) is 18.5 Å². The monoisotopic (exact) mass is 145 g/mol. The Hall–Kier alpha value is -0.0900. The van der Waals surface area contributed by atoms with E-state index in [-0.39, 0.29) is 5.41 Å². The third-order valence-electron chi connectivity index (χ3n) is 1.77. The maximum absolute atomic E-state index is 10.6. The van der Waals surface area contributed by atoms with Gasteiger partial charge in [-0.1, -0.05) is 0 Å². The van der Waals surface area contributed by atoms with Crippen LogP contribution in [-0.2, 0) is 9.84 Å². The fourth-order valence-electron chi connectivity index (χ4n) is 1.28. The zero-order chi connectivity index (χ0) is 6.54. The normalized spacial score (nSPS) is 35.1. The number of rotatable bonds is 0. The molecule has 9 heavy (non-hydrogen) atoms. The summed E-state index contributed by atoms with van der Waals surface area (Å²) >= 11 is 0. The Kier molecular flexibility index (Phi) is 0.833. The van der Waals surface area contributed by atoms with Gasteiger partial charge in [-0.15, -0.1) is 0 Å². The molecule has 0 aromatic carbocycles. The summed E-state index contributed by atoms with van der Waals surface area (Å²) in [6.07, 6.45) is 0. The smallest absolute Gasteiger partial charge is 0.160 e. The highest BCUT2D eigenvalue weighted by Crippen LogP contribution is 2.40. The van der Waals surface area contributed by atoms with Crippen molar-refractivity contribution in [2.24, 2.45) is 5.41 Å². The first-order chi connectivity index (χ1) is 4.12. The molecule has 2 rings (SSSR count). The third-order valence-corrected chi connectivity index (χ3v) is 3.44. The first-order valence-electron chi connectivity index (χ1n) is 2.84. The van der Waals surface area contributed by atoms with Gasteiger partial charge in [-0.05, 0) is 0 Å². The second kappa shape index (κ2) is 1.32. The van der Waals surface area contributed by atoms with Crippen LogP contribution in [0.25, 0.3) is 0 Å². The fraction of sp³-hybridized carbons (Fsp3) is 0.800. The van der Waals surface area contributed by atoms with E-state index >= 15 is 0 Å². The summed E-state index contributed by atoms with van der Waals surface area (Å²) in [4.78, 5) is 0. The summed E-state index contributed by atoms with van der Waals surface area (Å²) in [6, 6.07) is 0. The predicted octanol–water partition coefficient (Wildman–Crippen LogP) is -0.957. The second-order valence-corrected chi connectivity index (χ2v) is 4.47. The van der Waals surface area contributed by atoms with Crippen molar-refractivity contribution < 1.29 is 8.42 Å². The van der Waals surface area contributed by atoms with Crippen molar-refractivity contribution in [3.05, 3.63) is 5.75 Å². The lowest BCUT2D eigenvalue weighted by Crippen LogP contribution is -2.64. The molecule has 0 atom stereocenters. The molecule has 2 aliphatic heterocycles. The molecule has 0 aromatic heterocycles. The average molecular weight is 145 g/mol. The zero-order valence-corrected chi connectivity index (χ0v) is 5.66. The van der Waals surface area contributed by atoms with Gasteiger partial charge in [0.2, 0.25) is 0 Å². The molecule has 1 N–H and O–H groups in total. The SMILES string of the molecule is O=S1(=O)[C]C2(CNC2)C1. The van der Waals surface area contributed by atoms with Gasteiger partial charge < -0.3 is 5.32 Å². The first-order valence-corrected chi connectivity index (χ1v) is 4.50. The molecule has 2 heterocycles. The largest absolute Gasteiger partial charge is 0.315 e. The third kappa shape index (κ3) is 0.697. The molecular weight excluding hydrogens is 138 g/mol. The van der Waals surface area contributed by atoms with E-state index in [0.717, 1.165) is 13.1 Å². The average Bonchev–Trinajstić information content (AvgIpc) is 1.54. The standard InChI is InChI=1S/C5H7NO2S/c7-9(8)3-5(4-9)1-6-2-5/h6H,1-3H2.